The molecule has 150 valence electrons. The van der Waals surface area contributed by atoms with Gasteiger partial charge in [0.15, 0.2) is 9.84 Å². The molecule has 0 saturated heterocycles. The smallest absolute Gasteiger partial charge is 0.228 e. The summed E-state index contributed by atoms with van der Waals surface area (Å²) in [7, 11) is -3.47. The van der Waals surface area contributed by atoms with Crippen LogP contribution in [0.3, 0.4) is 0 Å². The van der Waals surface area contributed by atoms with Crippen molar-refractivity contribution in [3.63, 3.8) is 0 Å². The number of sulfone groups is 1. The van der Waals surface area contributed by atoms with Gasteiger partial charge in [-0.1, -0.05) is 36.4 Å². The highest BCUT2D eigenvalue weighted by Crippen LogP contribution is 2.32. The van der Waals surface area contributed by atoms with Crippen LogP contribution in [0.15, 0.2) is 71.6 Å². The first-order chi connectivity index (χ1) is 13.8. The molecular formula is C22H22N2O4S. The number of phenolic OH excluding ortho intramolecular Hbond substituents is 1. The molecule has 0 unspecified atom stereocenters. The molecule has 0 bridgehead atoms. The van der Waals surface area contributed by atoms with E-state index in [4.69, 9.17) is 5.73 Å². The van der Waals surface area contributed by atoms with Gasteiger partial charge >= 0.3 is 0 Å². The van der Waals surface area contributed by atoms with Crippen LogP contribution in [0.25, 0.3) is 11.1 Å². The van der Waals surface area contributed by atoms with Crippen LogP contribution in [-0.2, 0) is 27.6 Å². The van der Waals surface area contributed by atoms with Gasteiger partial charge < -0.3 is 16.2 Å². The zero-order valence-electron chi connectivity index (χ0n) is 15.9. The predicted molar refractivity (Wildman–Crippen MR) is 113 cm³/mol. The third-order valence-corrected chi connectivity index (χ3v) is 5.62. The van der Waals surface area contributed by atoms with E-state index in [-0.39, 0.29) is 23.0 Å². The van der Waals surface area contributed by atoms with E-state index in [0.29, 0.717) is 28.9 Å². The Hall–Kier alpha value is -3.16. The van der Waals surface area contributed by atoms with E-state index in [1.165, 1.54) is 18.2 Å². The average molecular weight is 410 g/mol. The summed E-state index contributed by atoms with van der Waals surface area (Å²) in [6.45, 7) is 0.364. The molecule has 4 N–H and O–H groups in total. The summed E-state index contributed by atoms with van der Waals surface area (Å²) in [6, 6.07) is 18.4. The number of anilines is 1. The molecule has 0 aromatic heterocycles. The van der Waals surface area contributed by atoms with Gasteiger partial charge in [-0.05, 0) is 47.0 Å². The molecule has 0 spiro atoms. The normalized spacial score (nSPS) is 11.2. The summed E-state index contributed by atoms with van der Waals surface area (Å²) in [4.78, 5) is 12.8. The standard InChI is InChI=1S/C22H22N2O4S/c1-29(27,28)21-8-3-2-7-20(21)19-10-9-18(25)12-16(19)13-22(26)24-17-6-4-5-15(11-17)14-23/h2-12,25H,13-14,23H2,1H3,(H,24,26). The van der Waals surface area contributed by atoms with E-state index in [9.17, 15) is 18.3 Å². The van der Waals surface area contributed by atoms with Crippen LogP contribution < -0.4 is 11.1 Å². The van der Waals surface area contributed by atoms with Crippen molar-refractivity contribution in [3.05, 3.63) is 77.9 Å². The van der Waals surface area contributed by atoms with E-state index in [2.05, 4.69) is 5.32 Å². The summed E-state index contributed by atoms with van der Waals surface area (Å²) in [5, 5.41) is 12.7. The van der Waals surface area contributed by atoms with Gasteiger partial charge in [0.2, 0.25) is 5.91 Å². The molecule has 0 heterocycles. The highest BCUT2D eigenvalue weighted by atomic mass is 32.2. The summed E-state index contributed by atoms with van der Waals surface area (Å²) in [5.74, 6) is -0.290. The number of carbonyl (C=O) groups is 1. The maximum absolute atomic E-state index is 12.6. The number of benzene rings is 3. The van der Waals surface area contributed by atoms with Gasteiger partial charge in [0.1, 0.15) is 5.75 Å². The minimum atomic E-state index is -3.47. The van der Waals surface area contributed by atoms with Crippen LogP contribution in [-0.4, -0.2) is 25.7 Å². The van der Waals surface area contributed by atoms with E-state index in [1.54, 1.807) is 42.5 Å². The molecule has 6 nitrogen and oxygen atoms in total. The first-order valence-corrected chi connectivity index (χ1v) is 10.9. The number of hydrogen-bond acceptors (Lipinski definition) is 5. The van der Waals surface area contributed by atoms with E-state index >= 15 is 0 Å². The Labute approximate surface area is 169 Å². The van der Waals surface area contributed by atoms with Crippen LogP contribution in [0.1, 0.15) is 11.1 Å². The lowest BCUT2D eigenvalue weighted by Crippen LogP contribution is -2.15. The fraction of sp³-hybridized carbons (Fsp3) is 0.136. The first kappa shape index (κ1) is 20.6. The van der Waals surface area contributed by atoms with Crippen LogP contribution >= 0.6 is 0 Å². The molecule has 3 aromatic carbocycles. The summed E-state index contributed by atoms with van der Waals surface area (Å²) >= 11 is 0. The topological polar surface area (TPSA) is 109 Å². The highest BCUT2D eigenvalue weighted by molar-refractivity contribution is 7.90. The van der Waals surface area contributed by atoms with E-state index in [0.717, 1.165) is 11.8 Å². The second kappa shape index (κ2) is 8.46. The molecule has 0 aliphatic heterocycles. The number of hydrogen-bond donors (Lipinski definition) is 3. The minimum absolute atomic E-state index is 0.00137. The summed E-state index contributed by atoms with van der Waals surface area (Å²) in [5.41, 5.74) is 8.74. The highest BCUT2D eigenvalue weighted by Gasteiger charge is 2.18. The number of carbonyl (C=O) groups excluding carboxylic acids is 1. The lowest BCUT2D eigenvalue weighted by molar-refractivity contribution is -0.115. The minimum Gasteiger partial charge on any atom is -0.508 e. The molecule has 0 atom stereocenters. The number of nitrogens with two attached hydrogens (primary N) is 1. The molecule has 7 heteroatoms. The molecule has 3 rings (SSSR count). The van der Waals surface area contributed by atoms with Crippen molar-refractivity contribution >= 4 is 21.4 Å². The van der Waals surface area contributed by atoms with Crippen LogP contribution in [0.5, 0.6) is 5.75 Å². The fourth-order valence-corrected chi connectivity index (χ4v) is 4.06. The second-order valence-electron chi connectivity index (χ2n) is 6.74. The molecular weight excluding hydrogens is 388 g/mol. The first-order valence-electron chi connectivity index (χ1n) is 8.98. The second-order valence-corrected chi connectivity index (χ2v) is 8.72. The van der Waals surface area contributed by atoms with Gasteiger partial charge in [-0.2, -0.15) is 0 Å². The van der Waals surface area contributed by atoms with Gasteiger partial charge in [0.05, 0.1) is 11.3 Å². The molecule has 0 fully saturated rings. The fourth-order valence-electron chi connectivity index (χ4n) is 3.16. The molecule has 3 aromatic rings. The number of phenols is 1. The van der Waals surface area contributed by atoms with Crippen molar-refractivity contribution in [2.24, 2.45) is 5.73 Å². The third kappa shape index (κ3) is 5.01. The SMILES string of the molecule is CS(=O)(=O)c1ccccc1-c1ccc(O)cc1CC(=O)Nc1cccc(CN)c1. The Morgan fingerprint density at radius 3 is 2.48 bits per heavy atom. The third-order valence-electron chi connectivity index (χ3n) is 4.46. The quantitative estimate of drug-likeness (QED) is 0.578. The van der Waals surface area contributed by atoms with E-state index in [1.807, 2.05) is 6.07 Å². The lowest BCUT2D eigenvalue weighted by atomic mass is 9.97. The maximum Gasteiger partial charge on any atom is 0.228 e. The Bertz CT molecular complexity index is 1160. The molecule has 1 amide bonds. The number of nitrogens with one attached hydrogen (secondary N) is 1. The number of amides is 1. The zero-order chi connectivity index (χ0) is 21.0. The Morgan fingerprint density at radius 2 is 1.76 bits per heavy atom. The van der Waals surface area contributed by atoms with Gasteiger partial charge in [-0.3, -0.25) is 4.79 Å². The maximum atomic E-state index is 12.6. The zero-order valence-corrected chi connectivity index (χ0v) is 16.7. The molecule has 0 aliphatic carbocycles. The van der Waals surface area contributed by atoms with Gasteiger partial charge in [-0.15, -0.1) is 0 Å². The van der Waals surface area contributed by atoms with Crippen LogP contribution in [0.4, 0.5) is 5.69 Å². The van der Waals surface area contributed by atoms with Gasteiger partial charge in [0, 0.05) is 24.1 Å². The Balaban J connectivity index is 1.95. The Morgan fingerprint density at radius 1 is 1.00 bits per heavy atom. The molecule has 0 saturated carbocycles. The summed E-state index contributed by atoms with van der Waals surface area (Å²) < 4.78 is 24.4. The van der Waals surface area contributed by atoms with Crippen LogP contribution in [0, 0.1) is 0 Å². The van der Waals surface area contributed by atoms with Crippen molar-refractivity contribution in [3.8, 4) is 16.9 Å². The molecule has 0 aliphatic rings. The predicted octanol–water partition coefficient (Wildman–Crippen LogP) is 3.10. The Kier molecular flexibility index (Phi) is 6.00. The average Bonchev–Trinajstić information content (AvgIpc) is 2.67. The summed E-state index contributed by atoms with van der Waals surface area (Å²) in [6.07, 6.45) is 1.11. The number of rotatable bonds is 6. The lowest BCUT2D eigenvalue weighted by Gasteiger charge is -2.14. The van der Waals surface area contributed by atoms with Crippen molar-refractivity contribution in [1.82, 2.24) is 0 Å². The van der Waals surface area contributed by atoms with Gasteiger partial charge in [0.25, 0.3) is 0 Å². The van der Waals surface area contributed by atoms with Crippen molar-refractivity contribution in [2.45, 2.75) is 17.9 Å². The van der Waals surface area contributed by atoms with Crippen molar-refractivity contribution < 1.29 is 18.3 Å². The number of aromatic hydroxyl groups is 1. The molecule has 0 radical (unpaired) electrons. The van der Waals surface area contributed by atoms with E-state index < -0.39 is 9.84 Å². The molecule has 29 heavy (non-hydrogen) atoms. The van der Waals surface area contributed by atoms with Crippen LogP contribution in [0.2, 0.25) is 0 Å². The monoisotopic (exact) mass is 410 g/mol. The van der Waals surface area contributed by atoms with Crippen molar-refractivity contribution in [1.29, 1.82) is 0 Å². The van der Waals surface area contributed by atoms with Crippen molar-refractivity contribution in [2.75, 3.05) is 11.6 Å². The largest absolute Gasteiger partial charge is 0.508 e. The van der Waals surface area contributed by atoms with Gasteiger partial charge in [-0.25, -0.2) is 8.42 Å².